The number of guanidine groups is 1. The van der Waals surface area contributed by atoms with Crippen LogP contribution in [0.3, 0.4) is 0 Å². The molecule has 146 valence electrons. The molecular weight excluding hydrogens is 336 g/mol. The quantitative estimate of drug-likeness (QED) is 0.400. The molecule has 0 atom stereocenters. The third kappa shape index (κ3) is 6.34. The summed E-state index contributed by atoms with van der Waals surface area (Å²) in [4.78, 5) is 20.6. The Labute approximate surface area is 155 Å². The molecule has 0 aromatic carbocycles. The van der Waals surface area contributed by atoms with E-state index in [9.17, 15) is 4.79 Å². The Kier molecular flexibility index (Phi) is 8.99. The van der Waals surface area contributed by atoms with Crippen molar-refractivity contribution >= 4 is 11.9 Å². The normalized spacial score (nSPS) is 15.4. The van der Waals surface area contributed by atoms with Gasteiger partial charge in [0.15, 0.2) is 11.7 Å². The molecule has 1 aromatic rings. The first-order valence-corrected chi connectivity index (χ1v) is 9.11. The zero-order valence-electron chi connectivity index (χ0n) is 15.8. The maximum Gasteiger partial charge on any atom is 0.289 e. The third-order valence-electron chi connectivity index (χ3n) is 4.24. The summed E-state index contributed by atoms with van der Waals surface area (Å²) in [6.45, 7) is 5.72. The molecule has 1 aliphatic heterocycles. The molecule has 1 amide bonds. The number of ether oxygens (including phenoxy) is 2. The van der Waals surface area contributed by atoms with Crippen LogP contribution >= 0.6 is 0 Å². The Morgan fingerprint density at radius 2 is 1.96 bits per heavy atom. The number of hydrogen-bond donors (Lipinski definition) is 1. The highest BCUT2D eigenvalue weighted by Crippen LogP contribution is 2.09. The van der Waals surface area contributed by atoms with Crippen LogP contribution < -0.4 is 5.32 Å². The van der Waals surface area contributed by atoms with Gasteiger partial charge >= 0.3 is 0 Å². The van der Waals surface area contributed by atoms with Crippen LogP contribution in [0.5, 0.6) is 0 Å². The van der Waals surface area contributed by atoms with Gasteiger partial charge in [-0.05, 0) is 25.0 Å². The van der Waals surface area contributed by atoms with Gasteiger partial charge in [0.05, 0.1) is 19.5 Å². The van der Waals surface area contributed by atoms with E-state index in [1.807, 2.05) is 4.90 Å². The Morgan fingerprint density at radius 3 is 2.62 bits per heavy atom. The number of carbonyl (C=O) groups excluding carboxylic acids is 1. The second kappa shape index (κ2) is 11.5. The van der Waals surface area contributed by atoms with Crippen LogP contribution in [0.1, 0.15) is 23.4 Å². The number of unbranched alkanes of at least 4 members (excludes halogenated alkanes) is 1. The number of aliphatic imine (C=N–C) groups is 1. The highest BCUT2D eigenvalue weighted by Gasteiger charge is 2.24. The summed E-state index contributed by atoms with van der Waals surface area (Å²) < 4.78 is 15.6. The average molecular weight is 366 g/mol. The van der Waals surface area contributed by atoms with E-state index in [2.05, 4.69) is 15.2 Å². The highest BCUT2D eigenvalue weighted by molar-refractivity contribution is 5.91. The van der Waals surface area contributed by atoms with E-state index in [0.29, 0.717) is 32.1 Å². The van der Waals surface area contributed by atoms with Crippen molar-refractivity contribution in [3.05, 3.63) is 24.2 Å². The second-order valence-corrected chi connectivity index (χ2v) is 6.04. The molecule has 26 heavy (non-hydrogen) atoms. The highest BCUT2D eigenvalue weighted by atomic mass is 16.5. The topological polar surface area (TPSA) is 79.5 Å². The molecule has 8 heteroatoms. The largest absolute Gasteiger partial charge is 0.459 e. The molecule has 1 saturated heterocycles. The van der Waals surface area contributed by atoms with Crippen LogP contribution in [0.2, 0.25) is 0 Å². The van der Waals surface area contributed by atoms with Gasteiger partial charge in [-0.3, -0.25) is 9.79 Å². The van der Waals surface area contributed by atoms with Gasteiger partial charge in [-0.1, -0.05) is 0 Å². The van der Waals surface area contributed by atoms with Crippen molar-refractivity contribution in [2.75, 3.05) is 66.7 Å². The number of piperazine rings is 1. The van der Waals surface area contributed by atoms with Crippen molar-refractivity contribution in [2.45, 2.75) is 12.8 Å². The summed E-state index contributed by atoms with van der Waals surface area (Å²) in [5.74, 6) is 1.23. The number of rotatable bonds is 9. The number of hydrogen-bond acceptors (Lipinski definition) is 5. The molecule has 0 unspecified atom stereocenters. The summed E-state index contributed by atoms with van der Waals surface area (Å²) in [5, 5.41) is 3.39. The number of nitrogens with zero attached hydrogens (tertiary/aromatic N) is 3. The maximum absolute atomic E-state index is 12.3. The first-order valence-electron chi connectivity index (χ1n) is 9.11. The number of methoxy groups -OCH3 is 1. The third-order valence-corrected chi connectivity index (χ3v) is 4.24. The smallest absolute Gasteiger partial charge is 0.289 e. The molecule has 1 fully saturated rings. The zero-order chi connectivity index (χ0) is 18.6. The molecule has 2 rings (SSSR count). The average Bonchev–Trinajstić information content (AvgIpc) is 3.21. The monoisotopic (exact) mass is 366 g/mol. The predicted octanol–water partition coefficient (Wildman–Crippen LogP) is 1.06. The van der Waals surface area contributed by atoms with Crippen LogP contribution in [0.25, 0.3) is 0 Å². The Morgan fingerprint density at radius 1 is 1.19 bits per heavy atom. The van der Waals surface area contributed by atoms with Crippen molar-refractivity contribution < 1.29 is 18.7 Å². The van der Waals surface area contributed by atoms with E-state index in [-0.39, 0.29) is 5.91 Å². The molecule has 0 spiro atoms. The van der Waals surface area contributed by atoms with Gasteiger partial charge in [0, 0.05) is 53.5 Å². The summed E-state index contributed by atoms with van der Waals surface area (Å²) in [6.07, 6.45) is 3.54. The van der Waals surface area contributed by atoms with E-state index in [1.54, 1.807) is 26.3 Å². The van der Waals surface area contributed by atoms with E-state index < -0.39 is 0 Å². The van der Waals surface area contributed by atoms with Crippen molar-refractivity contribution in [3.63, 3.8) is 0 Å². The summed E-state index contributed by atoms with van der Waals surface area (Å²) in [6, 6.07) is 3.44. The van der Waals surface area contributed by atoms with Crippen molar-refractivity contribution in [1.29, 1.82) is 0 Å². The predicted molar refractivity (Wildman–Crippen MR) is 99.5 cm³/mol. The number of nitrogens with one attached hydrogen (secondary N) is 1. The Bertz CT molecular complexity index is 539. The van der Waals surface area contributed by atoms with E-state index >= 15 is 0 Å². The molecule has 1 aliphatic rings. The molecule has 1 N–H and O–H groups in total. The standard InChI is InChI=1S/C18H30N4O4/c1-19-18(20-7-3-4-12-25-15-14-24-2)22-10-8-21(9-11-22)17(23)16-6-5-13-26-16/h5-6,13H,3-4,7-12,14-15H2,1-2H3,(H,19,20). The molecule has 1 aromatic heterocycles. The minimum absolute atomic E-state index is 0.0499. The lowest BCUT2D eigenvalue weighted by atomic mass is 10.3. The molecule has 2 heterocycles. The van der Waals surface area contributed by atoms with Crippen molar-refractivity contribution in [1.82, 2.24) is 15.1 Å². The number of amides is 1. The minimum atomic E-state index is -0.0499. The molecule has 0 bridgehead atoms. The lowest BCUT2D eigenvalue weighted by molar-refractivity contribution is 0.0657. The summed E-state index contributed by atoms with van der Waals surface area (Å²) in [5.41, 5.74) is 0. The van der Waals surface area contributed by atoms with Gasteiger partial charge in [-0.15, -0.1) is 0 Å². The van der Waals surface area contributed by atoms with Crippen LogP contribution in [0.15, 0.2) is 27.8 Å². The Hall–Kier alpha value is -2.06. The molecule has 0 saturated carbocycles. The van der Waals surface area contributed by atoms with E-state index in [0.717, 1.165) is 45.0 Å². The molecular formula is C18H30N4O4. The summed E-state index contributed by atoms with van der Waals surface area (Å²) >= 11 is 0. The molecule has 0 aliphatic carbocycles. The van der Waals surface area contributed by atoms with E-state index in [1.165, 1.54) is 6.26 Å². The second-order valence-electron chi connectivity index (χ2n) is 6.04. The van der Waals surface area contributed by atoms with Crippen LogP contribution in [0.4, 0.5) is 0 Å². The van der Waals surface area contributed by atoms with Gasteiger partial charge in [-0.25, -0.2) is 0 Å². The van der Waals surface area contributed by atoms with Gasteiger partial charge in [0.1, 0.15) is 0 Å². The van der Waals surface area contributed by atoms with Gasteiger partial charge in [-0.2, -0.15) is 0 Å². The first kappa shape index (κ1) is 20.3. The Balaban J connectivity index is 1.63. The van der Waals surface area contributed by atoms with E-state index in [4.69, 9.17) is 13.9 Å². The number of furan rings is 1. The van der Waals surface area contributed by atoms with Gasteiger partial charge in [0.2, 0.25) is 0 Å². The van der Waals surface area contributed by atoms with Crippen LogP contribution in [0, 0.1) is 0 Å². The zero-order valence-corrected chi connectivity index (χ0v) is 15.8. The van der Waals surface area contributed by atoms with Crippen LogP contribution in [-0.2, 0) is 9.47 Å². The minimum Gasteiger partial charge on any atom is -0.459 e. The van der Waals surface area contributed by atoms with Crippen molar-refractivity contribution in [2.24, 2.45) is 4.99 Å². The fourth-order valence-corrected chi connectivity index (χ4v) is 2.78. The fraction of sp³-hybridized carbons (Fsp3) is 0.667. The molecule has 8 nitrogen and oxygen atoms in total. The molecule has 0 radical (unpaired) electrons. The fourth-order valence-electron chi connectivity index (χ4n) is 2.78. The lowest BCUT2D eigenvalue weighted by Crippen LogP contribution is -2.53. The van der Waals surface area contributed by atoms with Gasteiger partial charge < -0.3 is 29.0 Å². The SMILES string of the molecule is CN=C(NCCCCOCCOC)N1CCN(C(=O)c2ccco2)CC1. The van der Waals surface area contributed by atoms with Crippen molar-refractivity contribution in [3.8, 4) is 0 Å². The van der Waals surface area contributed by atoms with Crippen LogP contribution in [-0.4, -0.2) is 88.4 Å². The van der Waals surface area contributed by atoms with Gasteiger partial charge in [0.25, 0.3) is 5.91 Å². The first-order chi connectivity index (χ1) is 12.8. The number of carbonyl (C=O) groups is 1. The lowest BCUT2D eigenvalue weighted by Gasteiger charge is -2.36. The maximum atomic E-state index is 12.3. The summed E-state index contributed by atoms with van der Waals surface area (Å²) in [7, 11) is 3.46.